The summed E-state index contributed by atoms with van der Waals surface area (Å²) in [6.07, 6.45) is 0. The molecule has 1 aromatic heterocycles. The summed E-state index contributed by atoms with van der Waals surface area (Å²) >= 11 is 1.20. The van der Waals surface area contributed by atoms with Crippen LogP contribution < -0.4 is 14.3 Å². The number of fused-ring (bicyclic) bond motifs is 2. The van der Waals surface area contributed by atoms with Gasteiger partial charge >= 0.3 is 5.97 Å². The predicted octanol–water partition coefficient (Wildman–Crippen LogP) is 2.18. The van der Waals surface area contributed by atoms with Crippen LogP contribution in [0.3, 0.4) is 0 Å². The second-order valence-electron chi connectivity index (χ2n) is 6.86. The molecule has 32 heavy (non-hydrogen) atoms. The Bertz CT molecular complexity index is 1390. The van der Waals surface area contributed by atoms with Gasteiger partial charge in [0.1, 0.15) is 19.8 Å². The van der Waals surface area contributed by atoms with Gasteiger partial charge in [-0.15, -0.1) is 0 Å². The topological polar surface area (TPSA) is 113 Å². The van der Waals surface area contributed by atoms with Crippen molar-refractivity contribution in [2.45, 2.75) is 18.4 Å². The van der Waals surface area contributed by atoms with E-state index in [4.69, 9.17) is 14.2 Å². The smallest absolute Gasteiger partial charge is 0.325 e. The Morgan fingerprint density at radius 1 is 1.16 bits per heavy atom. The van der Waals surface area contributed by atoms with E-state index in [2.05, 4.69) is 4.99 Å². The average molecular weight is 477 g/mol. The first-order valence-corrected chi connectivity index (χ1v) is 12.2. The van der Waals surface area contributed by atoms with Gasteiger partial charge in [-0.1, -0.05) is 24.3 Å². The molecule has 1 aliphatic heterocycles. The third-order valence-electron chi connectivity index (χ3n) is 4.88. The van der Waals surface area contributed by atoms with E-state index >= 15 is 0 Å². The van der Waals surface area contributed by atoms with Crippen molar-refractivity contribution < 1.29 is 32.2 Å². The van der Waals surface area contributed by atoms with Gasteiger partial charge in [0.05, 0.1) is 28.0 Å². The van der Waals surface area contributed by atoms with Gasteiger partial charge in [0, 0.05) is 17.7 Å². The van der Waals surface area contributed by atoms with Crippen molar-refractivity contribution in [2.24, 2.45) is 4.99 Å². The molecule has 2 aromatic carbocycles. The van der Waals surface area contributed by atoms with Gasteiger partial charge in [-0.2, -0.15) is 4.99 Å². The zero-order valence-electron chi connectivity index (χ0n) is 17.4. The summed E-state index contributed by atoms with van der Waals surface area (Å²) in [6, 6.07) is 9.27. The average Bonchev–Trinajstić information content (AvgIpc) is 3.12. The Balaban J connectivity index is 1.84. The van der Waals surface area contributed by atoms with E-state index in [1.807, 2.05) is 0 Å². The molecule has 0 atom stereocenters. The SMILES string of the molecule is CCS(=O)(=O)c1cccc(C(=O)N=c2sc3cc4c(cc3n2CC(=O)OC)OCCO4)c1. The highest BCUT2D eigenvalue weighted by atomic mass is 32.2. The quantitative estimate of drug-likeness (QED) is 0.519. The van der Waals surface area contributed by atoms with E-state index in [1.54, 1.807) is 16.7 Å². The minimum atomic E-state index is -3.47. The number of carbonyl (C=O) groups excluding carboxylic acids is 2. The molecule has 0 spiro atoms. The number of methoxy groups -OCH3 is 1. The molecule has 4 rings (SSSR count). The van der Waals surface area contributed by atoms with Gasteiger partial charge in [0.2, 0.25) is 0 Å². The van der Waals surface area contributed by atoms with E-state index in [-0.39, 0.29) is 27.6 Å². The van der Waals surface area contributed by atoms with Crippen LogP contribution in [0.2, 0.25) is 0 Å². The molecule has 9 nitrogen and oxygen atoms in total. The van der Waals surface area contributed by atoms with Gasteiger partial charge in [-0.25, -0.2) is 8.42 Å². The lowest BCUT2D eigenvalue weighted by Gasteiger charge is -2.18. The van der Waals surface area contributed by atoms with Crippen molar-refractivity contribution in [2.75, 3.05) is 26.1 Å². The Hall–Kier alpha value is -3.18. The zero-order chi connectivity index (χ0) is 22.9. The number of nitrogens with zero attached hydrogens (tertiary/aromatic N) is 2. The van der Waals surface area contributed by atoms with Crippen molar-refractivity contribution in [3.63, 3.8) is 0 Å². The van der Waals surface area contributed by atoms with Crippen LogP contribution in [0.5, 0.6) is 11.5 Å². The van der Waals surface area contributed by atoms with Gasteiger partial charge in [0.15, 0.2) is 26.1 Å². The Morgan fingerprint density at radius 3 is 2.56 bits per heavy atom. The molecule has 0 fully saturated rings. The standard InChI is InChI=1S/C21H20N2O7S2/c1-3-32(26,27)14-6-4-5-13(9-14)20(25)22-21-23(12-19(24)28-2)15-10-16-17(11-18(15)31-21)30-8-7-29-16/h4-6,9-11H,3,7-8,12H2,1-2H3. The van der Waals surface area contributed by atoms with Crippen molar-refractivity contribution in [1.82, 2.24) is 4.57 Å². The van der Waals surface area contributed by atoms with E-state index in [0.717, 1.165) is 4.70 Å². The van der Waals surface area contributed by atoms with Crippen molar-refractivity contribution in [3.05, 3.63) is 46.8 Å². The number of amides is 1. The summed E-state index contributed by atoms with van der Waals surface area (Å²) in [5, 5.41) is 0. The highest BCUT2D eigenvalue weighted by Crippen LogP contribution is 2.35. The maximum Gasteiger partial charge on any atom is 0.325 e. The number of rotatable bonds is 5. The van der Waals surface area contributed by atoms with Crippen LogP contribution in [0.1, 0.15) is 17.3 Å². The largest absolute Gasteiger partial charge is 0.486 e. The van der Waals surface area contributed by atoms with Crippen LogP contribution in [0.15, 0.2) is 46.3 Å². The van der Waals surface area contributed by atoms with E-state index in [9.17, 15) is 18.0 Å². The number of hydrogen-bond donors (Lipinski definition) is 0. The molecule has 0 saturated heterocycles. The summed E-state index contributed by atoms with van der Waals surface area (Å²) in [7, 11) is -2.19. The van der Waals surface area contributed by atoms with Gasteiger partial charge in [0.25, 0.3) is 5.91 Å². The number of ether oxygens (including phenoxy) is 3. The Labute approximate surface area is 187 Å². The Morgan fingerprint density at radius 2 is 1.88 bits per heavy atom. The van der Waals surface area contributed by atoms with Crippen LogP contribution in [-0.4, -0.2) is 50.9 Å². The first-order chi connectivity index (χ1) is 15.3. The summed E-state index contributed by atoms with van der Waals surface area (Å²) in [5.41, 5.74) is 0.770. The zero-order valence-corrected chi connectivity index (χ0v) is 19.0. The molecule has 3 aromatic rings. The number of carbonyl (C=O) groups is 2. The highest BCUT2D eigenvalue weighted by molar-refractivity contribution is 7.91. The lowest BCUT2D eigenvalue weighted by atomic mass is 10.2. The lowest BCUT2D eigenvalue weighted by Crippen LogP contribution is -2.22. The second-order valence-corrected chi connectivity index (χ2v) is 10.1. The molecular weight excluding hydrogens is 456 g/mol. The summed E-state index contributed by atoms with van der Waals surface area (Å²) < 4.78 is 42.7. The molecule has 2 heterocycles. The van der Waals surface area contributed by atoms with Crippen LogP contribution in [-0.2, 0) is 25.9 Å². The molecular formula is C21H20N2O7S2. The fourth-order valence-electron chi connectivity index (χ4n) is 3.18. The van der Waals surface area contributed by atoms with Gasteiger partial charge in [-0.05, 0) is 18.2 Å². The van der Waals surface area contributed by atoms with Crippen LogP contribution >= 0.6 is 11.3 Å². The molecule has 0 unspecified atom stereocenters. The fraction of sp³-hybridized carbons (Fsp3) is 0.286. The van der Waals surface area contributed by atoms with E-state index in [1.165, 1.54) is 49.6 Å². The molecule has 0 radical (unpaired) electrons. The maximum absolute atomic E-state index is 12.9. The van der Waals surface area contributed by atoms with Crippen LogP contribution in [0.4, 0.5) is 0 Å². The number of benzene rings is 2. The van der Waals surface area contributed by atoms with Gasteiger partial charge in [-0.3, -0.25) is 9.59 Å². The number of aromatic nitrogens is 1. The number of thiazole rings is 1. The molecule has 0 saturated carbocycles. The molecule has 0 aliphatic carbocycles. The number of esters is 1. The maximum atomic E-state index is 12.9. The van der Waals surface area contributed by atoms with Gasteiger partial charge < -0.3 is 18.8 Å². The summed E-state index contributed by atoms with van der Waals surface area (Å²) in [5.74, 6) is -0.0994. The molecule has 0 N–H and O–H groups in total. The summed E-state index contributed by atoms with van der Waals surface area (Å²) in [4.78, 5) is 29.4. The third-order valence-corrected chi connectivity index (χ3v) is 7.65. The van der Waals surface area contributed by atoms with Crippen molar-refractivity contribution >= 4 is 43.3 Å². The third kappa shape index (κ3) is 4.26. The molecule has 11 heteroatoms. The lowest BCUT2D eigenvalue weighted by molar-refractivity contribution is -0.141. The minimum Gasteiger partial charge on any atom is -0.486 e. The molecule has 1 amide bonds. The summed E-state index contributed by atoms with van der Waals surface area (Å²) in [6.45, 7) is 2.21. The fourth-order valence-corrected chi connectivity index (χ4v) is 5.14. The van der Waals surface area contributed by atoms with E-state index < -0.39 is 21.7 Å². The first-order valence-electron chi connectivity index (χ1n) is 9.74. The van der Waals surface area contributed by atoms with Crippen LogP contribution in [0, 0.1) is 0 Å². The number of hydrogen-bond acceptors (Lipinski definition) is 8. The highest BCUT2D eigenvalue weighted by Gasteiger charge is 2.19. The van der Waals surface area contributed by atoms with Crippen molar-refractivity contribution in [1.29, 1.82) is 0 Å². The van der Waals surface area contributed by atoms with E-state index in [0.29, 0.717) is 30.2 Å². The normalized spacial score (nSPS) is 13.9. The molecule has 168 valence electrons. The monoisotopic (exact) mass is 476 g/mol. The second kappa shape index (κ2) is 8.75. The number of sulfone groups is 1. The van der Waals surface area contributed by atoms with Crippen molar-refractivity contribution in [3.8, 4) is 11.5 Å². The Kier molecular flexibility index (Phi) is 6.02. The minimum absolute atomic E-state index is 0.0572. The predicted molar refractivity (Wildman–Crippen MR) is 117 cm³/mol. The van der Waals surface area contributed by atoms with Crippen LogP contribution in [0.25, 0.3) is 10.2 Å². The first kappa shape index (κ1) is 22.0. The molecule has 0 bridgehead atoms. The molecule has 1 aliphatic rings.